The molecule has 0 heterocycles. The molecule has 0 aliphatic rings. The molecule has 24 heavy (non-hydrogen) atoms. The van der Waals surface area contributed by atoms with E-state index >= 15 is 0 Å². The minimum absolute atomic E-state index is 0.123. The zero-order chi connectivity index (χ0) is 17.2. The molecule has 0 spiro atoms. The molecular weight excluding hydrogens is 302 g/mol. The second-order valence-corrected chi connectivity index (χ2v) is 5.26. The maximum Gasteiger partial charge on any atom is 0.259 e. The Morgan fingerprint density at radius 1 is 1.08 bits per heavy atom. The largest absolute Gasteiger partial charge is 0.495 e. The molecule has 0 atom stereocenters. The van der Waals surface area contributed by atoms with E-state index in [4.69, 9.17) is 4.74 Å². The van der Waals surface area contributed by atoms with E-state index in [0.717, 1.165) is 29.8 Å². The van der Waals surface area contributed by atoms with Crippen LogP contribution in [0, 0.1) is 0 Å². The normalized spacial score (nSPS) is 11.0. The molecule has 2 N–H and O–H groups in total. The maximum atomic E-state index is 12.0. The minimum Gasteiger partial charge on any atom is -0.495 e. The van der Waals surface area contributed by atoms with Gasteiger partial charge in [0, 0.05) is 0 Å². The molecule has 0 bridgehead atoms. The zero-order valence-corrected chi connectivity index (χ0v) is 14.1. The standard InChI is InChI=1S/C19H23N3O2/c1-3-9-16(15-10-5-4-6-11-15)21-22-19(23)14-20-17-12-7-8-13-18(17)24-2/h4-8,10-13,20H,3,9,14H2,1-2H3,(H,22,23)/b21-16-. The van der Waals surface area contributed by atoms with Gasteiger partial charge < -0.3 is 10.1 Å². The van der Waals surface area contributed by atoms with Crippen LogP contribution in [0.5, 0.6) is 5.75 Å². The number of amides is 1. The van der Waals surface area contributed by atoms with Gasteiger partial charge in [0.05, 0.1) is 25.1 Å². The van der Waals surface area contributed by atoms with Crippen LogP contribution in [-0.2, 0) is 4.79 Å². The Kier molecular flexibility index (Phi) is 6.83. The number of rotatable bonds is 8. The van der Waals surface area contributed by atoms with Gasteiger partial charge >= 0.3 is 0 Å². The fourth-order valence-electron chi connectivity index (χ4n) is 2.27. The van der Waals surface area contributed by atoms with Crippen LogP contribution in [0.25, 0.3) is 0 Å². The van der Waals surface area contributed by atoms with E-state index in [-0.39, 0.29) is 12.5 Å². The summed E-state index contributed by atoms with van der Waals surface area (Å²) in [6.07, 6.45) is 1.77. The molecule has 2 aromatic carbocycles. The summed E-state index contributed by atoms with van der Waals surface area (Å²) in [5, 5.41) is 7.34. The number of hydrogen-bond donors (Lipinski definition) is 2. The van der Waals surface area contributed by atoms with Gasteiger partial charge in [-0.25, -0.2) is 5.43 Å². The number of nitrogens with one attached hydrogen (secondary N) is 2. The first kappa shape index (κ1) is 17.5. The highest BCUT2D eigenvalue weighted by atomic mass is 16.5. The van der Waals surface area contributed by atoms with Crippen LogP contribution in [0.4, 0.5) is 5.69 Å². The Hall–Kier alpha value is -2.82. The van der Waals surface area contributed by atoms with Gasteiger partial charge in [0.1, 0.15) is 5.75 Å². The number of carbonyl (C=O) groups is 1. The summed E-state index contributed by atoms with van der Waals surface area (Å²) in [4.78, 5) is 12.0. The number of nitrogens with zero attached hydrogens (tertiary/aromatic N) is 1. The van der Waals surface area contributed by atoms with E-state index in [1.165, 1.54) is 0 Å². The molecule has 5 heteroatoms. The highest BCUT2D eigenvalue weighted by Gasteiger charge is 2.06. The average Bonchev–Trinajstić information content (AvgIpc) is 2.64. The van der Waals surface area contributed by atoms with Crippen molar-refractivity contribution in [3.8, 4) is 5.75 Å². The maximum absolute atomic E-state index is 12.0. The number of ether oxygens (including phenoxy) is 1. The Bertz CT molecular complexity index is 684. The molecule has 0 aliphatic heterocycles. The highest BCUT2D eigenvalue weighted by Crippen LogP contribution is 2.22. The summed E-state index contributed by atoms with van der Waals surface area (Å²) in [5.74, 6) is 0.496. The Labute approximate surface area is 142 Å². The smallest absolute Gasteiger partial charge is 0.259 e. The number of hydrazone groups is 1. The van der Waals surface area contributed by atoms with Crippen molar-refractivity contribution in [1.29, 1.82) is 0 Å². The topological polar surface area (TPSA) is 62.7 Å². The molecule has 0 aromatic heterocycles. The van der Waals surface area contributed by atoms with E-state index in [1.54, 1.807) is 7.11 Å². The van der Waals surface area contributed by atoms with Crippen LogP contribution in [0.3, 0.4) is 0 Å². The van der Waals surface area contributed by atoms with Crippen LogP contribution in [0.1, 0.15) is 25.3 Å². The van der Waals surface area contributed by atoms with E-state index in [1.807, 2.05) is 54.6 Å². The Morgan fingerprint density at radius 3 is 2.50 bits per heavy atom. The Morgan fingerprint density at radius 2 is 1.79 bits per heavy atom. The summed E-state index contributed by atoms with van der Waals surface area (Å²) in [7, 11) is 1.60. The van der Waals surface area contributed by atoms with Crippen molar-refractivity contribution in [3.63, 3.8) is 0 Å². The average molecular weight is 325 g/mol. The quantitative estimate of drug-likeness (QED) is 0.577. The molecule has 0 saturated carbocycles. The molecule has 126 valence electrons. The second kappa shape index (κ2) is 9.35. The van der Waals surface area contributed by atoms with Crippen LogP contribution < -0.4 is 15.5 Å². The highest BCUT2D eigenvalue weighted by molar-refractivity contribution is 6.01. The van der Waals surface area contributed by atoms with Gasteiger partial charge in [-0.15, -0.1) is 0 Å². The number of benzene rings is 2. The fourth-order valence-corrected chi connectivity index (χ4v) is 2.27. The van der Waals surface area contributed by atoms with Crippen molar-refractivity contribution >= 4 is 17.3 Å². The number of carbonyl (C=O) groups excluding carboxylic acids is 1. The van der Waals surface area contributed by atoms with Crippen molar-refractivity contribution < 1.29 is 9.53 Å². The molecule has 0 fully saturated rings. The Balaban J connectivity index is 1.95. The molecule has 0 saturated heterocycles. The molecule has 1 amide bonds. The van der Waals surface area contributed by atoms with E-state index in [9.17, 15) is 4.79 Å². The lowest BCUT2D eigenvalue weighted by Crippen LogP contribution is -2.27. The van der Waals surface area contributed by atoms with Crippen molar-refractivity contribution in [2.75, 3.05) is 19.0 Å². The van der Waals surface area contributed by atoms with E-state index in [0.29, 0.717) is 5.75 Å². The van der Waals surface area contributed by atoms with E-state index in [2.05, 4.69) is 22.8 Å². The van der Waals surface area contributed by atoms with Crippen molar-refractivity contribution in [2.45, 2.75) is 19.8 Å². The van der Waals surface area contributed by atoms with Gasteiger partial charge in [-0.2, -0.15) is 5.10 Å². The van der Waals surface area contributed by atoms with Gasteiger partial charge in [-0.3, -0.25) is 4.79 Å². The molecule has 2 rings (SSSR count). The second-order valence-electron chi connectivity index (χ2n) is 5.26. The van der Waals surface area contributed by atoms with Crippen LogP contribution >= 0.6 is 0 Å². The SMILES string of the molecule is CCC/C(=N/NC(=O)CNc1ccccc1OC)c1ccccc1. The minimum atomic E-state index is -0.203. The summed E-state index contributed by atoms with van der Waals surface area (Å²) in [5.41, 5.74) is 5.30. The monoisotopic (exact) mass is 325 g/mol. The van der Waals surface area contributed by atoms with Crippen molar-refractivity contribution in [1.82, 2.24) is 5.43 Å². The third-order valence-corrected chi connectivity index (χ3v) is 3.46. The van der Waals surface area contributed by atoms with E-state index < -0.39 is 0 Å². The summed E-state index contributed by atoms with van der Waals surface area (Å²) < 4.78 is 5.24. The van der Waals surface area contributed by atoms with Crippen LogP contribution in [-0.4, -0.2) is 25.3 Å². The molecule has 2 aromatic rings. The summed E-state index contributed by atoms with van der Waals surface area (Å²) in [6.45, 7) is 2.21. The zero-order valence-electron chi connectivity index (χ0n) is 14.1. The van der Waals surface area contributed by atoms with Gasteiger partial charge in [-0.1, -0.05) is 55.8 Å². The molecule has 0 unspecified atom stereocenters. The number of anilines is 1. The third kappa shape index (κ3) is 5.12. The first-order valence-corrected chi connectivity index (χ1v) is 8.02. The van der Waals surface area contributed by atoms with Crippen molar-refractivity contribution in [2.24, 2.45) is 5.10 Å². The number of para-hydroxylation sites is 2. The van der Waals surface area contributed by atoms with Crippen molar-refractivity contribution in [3.05, 3.63) is 60.2 Å². The third-order valence-electron chi connectivity index (χ3n) is 3.46. The lowest BCUT2D eigenvalue weighted by atomic mass is 10.1. The lowest BCUT2D eigenvalue weighted by molar-refractivity contribution is -0.119. The molecular formula is C19H23N3O2. The first-order chi connectivity index (χ1) is 11.7. The molecule has 5 nitrogen and oxygen atoms in total. The molecule has 0 radical (unpaired) electrons. The van der Waals surface area contributed by atoms with Crippen LogP contribution in [0.2, 0.25) is 0 Å². The summed E-state index contributed by atoms with van der Waals surface area (Å²) >= 11 is 0. The lowest BCUT2D eigenvalue weighted by Gasteiger charge is -2.10. The van der Waals surface area contributed by atoms with Gasteiger partial charge in [0.25, 0.3) is 5.91 Å². The number of methoxy groups -OCH3 is 1. The van der Waals surface area contributed by atoms with Gasteiger partial charge in [-0.05, 0) is 24.1 Å². The fraction of sp³-hybridized carbons (Fsp3) is 0.263. The summed E-state index contributed by atoms with van der Waals surface area (Å²) in [6, 6.07) is 17.3. The predicted octanol–water partition coefficient (Wildman–Crippen LogP) is 3.43. The van der Waals surface area contributed by atoms with Crippen LogP contribution in [0.15, 0.2) is 59.7 Å². The molecule has 0 aliphatic carbocycles. The number of hydrogen-bond acceptors (Lipinski definition) is 4. The first-order valence-electron chi connectivity index (χ1n) is 8.02. The predicted molar refractivity (Wildman–Crippen MR) is 97.5 cm³/mol. The van der Waals surface area contributed by atoms with Gasteiger partial charge in [0.15, 0.2) is 0 Å². The van der Waals surface area contributed by atoms with Gasteiger partial charge in [0.2, 0.25) is 0 Å².